The lowest BCUT2D eigenvalue weighted by atomic mass is 10.0. The molecule has 1 N–H and O–H groups in total. The van der Waals surface area contributed by atoms with Crippen molar-refractivity contribution in [2.24, 2.45) is 0 Å². The van der Waals surface area contributed by atoms with Crippen LogP contribution in [0.15, 0.2) is 23.7 Å². The molecule has 5 heteroatoms. The summed E-state index contributed by atoms with van der Waals surface area (Å²) in [4.78, 5) is 15.0. The molecule has 4 nitrogen and oxygen atoms in total. The van der Waals surface area contributed by atoms with Crippen molar-refractivity contribution in [2.45, 2.75) is 19.3 Å². The molecule has 0 bridgehead atoms. The number of nitrogens with one attached hydrogen (secondary N) is 1. The molecule has 0 saturated carbocycles. The number of carbonyl (C=O) groups excluding carboxylic acids is 1. The highest BCUT2D eigenvalue weighted by molar-refractivity contribution is 7.12. The highest BCUT2D eigenvalue weighted by Gasteiger charge is 2.29. The van der Waals surface area contributed by atoms with Gasteiger partial charge in [-0.25, -0.2) is 0 Å². The molecule has 1 aliphatic rings. The Morgan fingerprint density at radius 1 is 1.61 bits per heavy atom. The monoisotopic (exact) mass is 261 g/mol. The smallest absolute Gasteiger partial charge is 0.263 e. The van der Waals surface area contributed by atoms with Crippen LogP contribution in [0.5, 0.6) is 0 Å². The molecule has 0 unspecified atom stereocenters. The lowest BCUT2D eigenvalue weighted by Gasteiger charge is -2.15. The van der Waals surface area contributed by atoms with E-state index in [4.69, 9.17) is 0 Å². The van der Waals surface area contributed by atoms with Gasteiger partial charge in [-0.05, 0) is 30.4 Å². The summed E-state index contributed by atoms with van der Waals surface area (Å²) in [6.45, 7) is 3.68. The quantitative estimate of drug-likeness (QED) is 0.902. The van der Waals surface area contributed by atoms with Crippen LogP contribution in [-0.4, -0.2) is 34.1 Å². The molecule has 0 aliphatic carbocycles. The van der Waals surface area contributed by atoms with Crippen LogP contribution in [-0.2, 0) is 0 Å². The molecule has 0 radical (unpaired) electrons. The summed E-state index contributed by atoms with van der Waals surface area (Å²) in [5.41, 5.74) is 2.36. The van der Waals surface area contributed by atoms with E-state index in [2.05, 4.69) is 17.1 Å². The highest BCUT2D eigenvalue weighted by atomic mass is 32.1. The molecule has 3 heterocycles. The molecule has 2 aromatic heterocycles. The van der Waals surface area contributed by atoms with E-state index in [0.717, 1.165) is 24.4 Å². The van der Waals surface area contributed by atoms with Crippen LogP contribution in [0.4, 0.5) is 0 Å². The minimum Gasteiger partial charge on any atom is -0.337 e. The fraction of sp³-hybridized carbons (Fsp3) is 0.385. The number of aromatic amines is 1. The van der Waals surface area contributed by atoms with Gasteiger partial charge in [-0.1, -0.05) is 6.07 Å². The number of rotatable bonds is 2. The number of aryl methyl sites for hydroxylation is 1. The van der Waals surface area contributed by atoms with Crippen molar-refractivity contribution >= 4 is 17.2 Å². The van der Waals surface area contributed by atoms with E-state index in [1.165, 1.54) is 22.6 Å². The van der Waals surface area contributed by atoms with Crippen molar-refractivity contribution < 1.29 is 4.79 Å². The van der Waals surface area contributed by atoms with E-state index < -0.39 is 0 Å². The first kappa shape index (κ1) is 11.5. The lowest BCUT2D eigenvalue weighted by molar-refractivity contribution is 0.0795. The van der Waals surface area contributed by atoms with E-state index in [1.54, 1.807) is 0 Å². The van der Waals surface area contributed by atoms with E-state index >= 15 is 0 Å². The summed E-state index contributed by atoms with van der Waals surface area (Å²) in [6, 6.07) is 3.81. The van der Waals surface area contributed by atoms with Gasteiger partial charge >= 0.3 is 0 Å². The predicted molar refractivity (Wildman–Crippen MR) is 70.9 cm³/mol. The maximum Gasteiger partial charge on any atom is 0.263 e. The minimum absolute atomic E-state index is 0.157. The maximum atomic E-state index is 12.2. The second-order valence-corrected chi connectivity index (χ2v) is 5.63. The molecule has 2 aromatic rings. The van der Waals surface area contributed by atoms with Gasteiger partial charge in [-0.2, -0.15) is 5.10 Å². The molecule has 1 fully saturated rings. The minimum atomic E-state index is 0.157. The van der Waals surface area contributed by atoms with Gasteiger partial charge in [0.1, 0.15) is 0 Å². The van der Waals surface area contributed by atoms with Crippen LogP contribution in [0.2, 0.25) is 0 Å². The van der Waals surface area contributed by atoms with E-state index in [1.807, 2.05) is 28.6 Å². The number of aromatic nitrogens is 2. The van der Waals surface area contributed by atoms with Crippen LogP contribution in [0.25, 0.3) is 0 Å². The van der Waals surface area contributed by atoms with Crippen LogP contribution >= 0.6 is 11.3 Å². The Bertz CT molecular complexity index is 546. The van der Waals surface area contributed by atoms with Gasteiger partial charge in [-0.15, -0.1) is 11.3 Å². The average Bonchev–Trinajstić information content (AvgIpc) is 3.09. The third-order valence-electron chi connectivity index (χ3n) is 3.48. The second kappa shape index (κ2) is 4.57. The zero-order valence-corrected chi connectivity index (χ0v) is 11.0. The molecule has 0 spiro atoms. The Labute approximate surface area is 110 Å². The second-order valence-electron chi connectivity index (χ2n) is 4.68. The molecular formula is C13H15N3OS. The van der Waals surface area contributed by atoms with Crippen LogP contribution in [0.3, 0.4) is 0 Å². The number of thiophene rings is 1. The Balaban J connectivity index is 1.73. The Hall–Kier alpha value is -1.62. The summed E-state index contributed by atoms with van der Waals surface area (Å²) in [5, 5.41) is 9.06. The predicted octanol–water partition coefficient (Wildman–Crippen LogP) is 2.41. The number of amides is 1. The number of hydrogen-bond donors (Lipinski definition) is 1. The zero-order valence-electron chi connectivity index (χ0n) is 10.2. The molecule has 1 amide bonds. The van der Waals surface area contributed by atoms with Crippen molar-refractivity contribution in [3.05, 3.63) is 39.8 Å². The standard InChI is InChI=1S/C13H15N3OS/c1-9-7-14-15-12(9)10-4-5-16(8-10)13(17)11-3-2-6-18-11/h2-3,6-7,10H,4-5,8H2,1H3,(H,14,15)/t10-/m0/s1. The largest absolute Gasteiger partial charge is 0.337 e. The number of nitrogens with zero attached hydrogens (tertiary/aromatic N) is 2. The van der Waals surface area contributed by atoms with Crippen LogP contribution in [0.1, 0.15) is 33.3 Å². The number of likely N-dealkylation sites (tertiary alicyclic amines) is 1. The van der Waals surface area contributed by atoms with E-state index in [0.29, 0.717) is 5.92 Å². The summed E-state index contributed by atoms with van der Waals surface area (Å²) >= 11 is 1.51. The summed E-state index contributed by atoms with van der Waals surface area (Å²) in [7, 11) is 0. The third kappa shape index (κ3) is 1.95. The molecule has 0 aromatic carbocycles. The highest BCUT2D eigenvalue weighted by Crippen LogP contribution is 2.29. The number of carbonyl (C=O) groups is 1. The van der Waals surface area contributed by atoms with Crippen molar-refractivity contribution in [3.8, 4) is 0 Å². The van der Waals surface area contributed by atoms with Gasteiger partial charge in [0.15, 0.2) is 0 Å². The van der Waals surface area contributed by atoms with Crippen molar-refractivity contribution in [1.82, 2.24) is 15.1 Å². The Morgan fingerprint density at radius 2 is 2.50 bits per heavy atom. The topological polar surface area (TPSA) is 49.0 Å². The number of H-pyrrole nitrogens is 1. The van der Waals surface area contributed by atoms with Crippen molar-refractivity contribution in [3.63, 3.8) is 0 Å². The van der Waals surface area contributed by atoms with Gasteiger partial charge in [0.05, 0.1) is 11.1 Å². The molecule has 1 atom stereocenters. The van der Waals surface area contributed by atoms with Gasteiger partial charge in [0.25, 0.3) is 5.91 Å². The van der Waals surface area contributed by atoms with E-state index in [9.17, 15) is 4.79 Å². The van der Waals surface area contributed by atoms with Gasteiger partial charge in [0.2, 0.25) is 0 Å². The number of hydrogen-bond acceptors (Lipinski definition) is 3. The fourth-order valence-electron chi connectivity index (χ4n) is 2.51. The fourth-order valence-corrected chi connectivity index (χ4v) is 3.20. The first-order valence-electron chi connectivity index (χ1n) is 6.08. The van der Waals surface area contributed by atoms with Crippen molar-refractivity contribution in [1.29, 1.82) is 0 Å². The third-order valence-corrected chi connectivity index (χ3v) is 4.34. The summed E-state index contributed by atoms with van der Waals surface area (Å²) in [5.74, 6) is 0.557. The first-order valence-corrected chi connectivity index (χ1v) is 6.96. The average molecular weight is 261 g/mol. The lowest BCUT2D eigenvalue weighted by Crippen LogP contribution is -2.27. The zero-order chi connectivity index (χ0) is 12.5. The normalized spacial score (nSPS) is 19.4. The molecule has 1 saturated heterocycles. The molecule has 3 rings (SSSR count). The summed E-state index contributed by atoms with van der Waals surface area (Å²) < 4.78 is 0. The van der Waals surface area contributed by atoms with Gasteiger partial charge < -0.3 is 4.90 Å². The SMILES string of the molecule is Cc1cn[nH]c1[C@H]1CCN(C(=O)c2cccs2)C1. The van der Waals surface area contributed by atoms with Crippen LogP contribution < -0.4 is 0 Å². The van der Waals surface area contributed by atoms with Crippen molar-refractivity contribution in [2.75, 3.05) is 13.1 Å². The Kier molecular flexibility index (Phi) is 2.91. The summed E-state index contributed by atoms with van der Waals surface area (Å²) in [6.07, 6.45) is 2.86. The van der Waals surface area contributed by atoms with Gasteiger partial charge in [0, 0.05) is 24.7 Å². The van der Waals surface area contributed by atoms with E-state index in [-0.39, 0.29) is 5.91 Å². The molecule has 18 heavy (non-hydrogen) atoms. The molecule has 94 valence electrons. The molecular weight excluding hydrogens is 246 g/mol. The Morgan fingerprint density at radius 3 is 3.17 bits per heavy atom. The van der Waals surface area contributed by atoms with Gasteiger partial charge in [-0.3, -0.25) is 9.89 Å². The maximum absolute atomic E-state index is 12.2. The van der Waals surface area contributed by atoms with Crippen LogP contribution in [0, 0.1) is 6.92 Å². The first-order chi connectivity index (χ1) is 8.75. The molecule has 1 aliphatic heterocycles.